The zero-order valence-corrected chi connectivity index (χ0v) is 13.1. The first kappa shape index (κ1) is 14.5. The molecule has 1 aliphatic heterocycles. The molecule has 114 valence electrons. The first-order valence-electron chi connectivity index (χ1n) is 7.26. The fourth-order valence-electron chi connectivity index (χ4n) is 2.83. The summed E-state index contributed by atoms with van der Waals surface area (Å²) in [5, 5.41) is 0. The Morgan fingerprint density at radius 1 is 1.24 bits per heavy atom. The second-order valence-corrected chi connectivity index (χ2v) is 7.75. The van der Waals surface area contributed by atoms with Crippen molar-refractivity contribution in [2.24, 2.45) is 0 Å². The lowest BCUT2D eigenvalue weighted by molar-refractivity contribution is -0.128. The minimum atomic E-state index is -3.58. The van der Waals surface area contributed by atoms with Crippen LogP contribution in [0.15, 0.2) is 23.1 Å². The molecular weight excluding hydrogens is 288 g/mol. The molecule has 1 aromatic rings. The Labute approximate surface area is 125 Å². The van der Waals surface area contributed by atoms with Gasteiger partial charge in [-0.05, 0) is 43.9 Å². The van der Waals surface area contributed by atoms with Crippen LogP contribution in [0.25, 0.3) is 0 Å². The molecule has 0 aromatic heterocycles. The molecule has 1 aromatic carbocycles. The second kappa shape index (κ2) is 5.10. The third-order valence-electron chi connectivity index (χ3n) is 4.10. The van der Waals surface area contributed by atoms with Crippen LogP contribution in [0.1, 0.15) is 30.4 Å². The fraction of sp³-hybridized carbons (Fsp3) is 0.533. The molecule has 21 heavy (non-hydrogen) atoms. The van der Waals surface area contributed by atoms with Gasteiger partial charge in [0.05, 0.1) is 4.90 Å². The van der Waals surface area contributed by atoms with Gasteiger partial charge in [0.2, 0.25) is 15.9 Å². The maximum atomic E-state index is 12.5. The zero-order chi connectivity index (χ0) is 15.2. The van der Waals surface area contributed by atoms with E-state index in [0.717, 1.165) is 24.0 Å². The first-order chi connectivity index (χ1) is 9.87. The predicted octanol–water partition coefficient (Wildman–Crippen LogP) is 1.35. The fourth-order valence-corrected chi connectivity index (χ4v) is 4.39. The summed E-state index contributed by atoms with van der Waals surface area (Å²) in [4.78, 5) is 14.0. The number of hydrogen-bond donors (Lipinski definition) is 1. The molecule has 1 saturated carbocycles. The lowest BCUT2D eigenvalue weighted by Gasteiger charge is -2.17. The number of amides is 1. The average Bonchev–Trinajstić information content (AvgIpc) is 3.17. The van der Waals surface area contributed by atoms with Crippen LogP contribution < -0.4 is 4.72 Å². The smallest absolute Gasteiger partial charge is 0.241 e. The van der Waals surface area contributed by atoms with Crippen molar-refractivity contribution in [3.8, 4) is 0 Å². The number of nitrogens with one attached hydrogen (secondary N) is 1. The average molecular weight is 308 g/mol. The maximum Gasteiger partial charge on any atom is 0.241 e. The molecule has 2 aliphatic rings. The van der Waals surface area contributed by atoms with Crippen LogP contribution in [0.4, 0.5) is 0 Å². The number of hydrogen-bond acceptors (Lipinski definition) is 3. The van der Waals surface area contributed by atoms with Crippen LogP contribution in [0.5, 0.6) is 0 Å². The number of carbonyl (C=O) groups is 1. The quantitative estimate of drug-likeness (QED) is 0.913. The molecule has 2 fully saturated rings. The summed E-state index contributed by atoms with van der Waals surface area (Å²) in [5.41, 5.74) is 1.62. The van der Waals surface area contributed by atoms with Crippen LogP contribution >= 0.6 is 0 Å². The Morgan fingerprint density at radius 3 is 2.62 bits per heavy atom. The number of nitrogens with zero attached hydrogens (tertiary/aromatic N) is 1. The standard InChI is InChI=1S/C15H20N2O3S/c1-10-3-4-11(2)14(7-10)21(19,20)16-12-8-15(18)17(9-12)13-5-6-13/h3-4,7,12-13,16H,5-6,8-9H2,1-2H3/t12-/m0/s1. The van der Waals surface area contributed by atoms with Crippen molar-refractivity contribution in [3.63, 3.8) is 0 Å². The Hall–Kier alpha value is -1.40. The van der Waals surface area contributed by atoms with Gasteiger partial charge in [0, 0.05) is 25.0 Å². The minimum absolute atomic E-state index is 0.0613. The van der Waals surface area contributed by atoms with Crippen molar-refractivity contribution in [1.29, 1.82) is 0 Å². The Morgan fingerprint density at radius 2 is 1.95 bits per heavy atom. The summed E-state index contributed by atoms with van der Waals surface area (Å²) in [6, 6.07) is 5.39. The van der Waals surface area contributed by atoms with Crippen molar-refractivity contribution in [2.75, 3.05) is 6.54 Å². The van der Waals surface area contributed by atoms with Crippen molar-refractivity contribution in [2.45, 2.75) is 50.1 Å². The molecule has 1 saturated heterocycles. The summed E-state index contributed by atoms with van der Waals surface area (Å²) in [6.45, 7) is 4.14. The molecule has 1 N–H and O–H groups in total. The highest BCUT2D eigenvalue weighted by Gasteiger charge is 2.40. The van der Waals surface area contributed by atoms with Crippen molar-refractivity contribution in [1.82, 2.24) is 9.62 Å². The second-order valence-electron chi connectivity index (χ2n) is 6.07. The highest BCUT2D eigenvalue weighted by molar-refractivity contribution is 7.89. The van der Waals surface area contributed by atoms with Crippen LogP contribution in [0, 0.1) is 13.8 Å². The van der Waals surface area contributed by atoms with Gasteiger partial charge in [-0.15, -0.1) is 0 Å². The molecule has 0 bridgehead atoms. The van der Waals surface area contributed by atoms with E-state index < -0.39 is 10.0 Å². The molecule has 5 nitrogen and oxygen atoms in total. The van der Waals surface area contributed by atoms with Crippen molar-refractivity contribution >= 4 is 15.9 Å². The lowest BCUT2D eigenvalue weighted by Crippen LogP contribution is -2.37. The van der Waals surface area contributed by atoms with Gasteiger partial charge in [-0.2, -0.15) is 0 Å². The van der Waals surface area contributed by atoms with Gasteiger partial charge in [-0.1, -0.05) is 12.1 Å². The van der Waals surface area contributed by atoms with Crippen LogP contribution in [0.3, 0.4) is 0 Å². The van der Waals surface area contributed by atoms with E-state index >= 15 is 0 Å². The number of carbonyl (C=O) groups excluding carboxylic acids is 1. The number of likely N-dealkylation sites (tertiary alicyclic amines) is 1. The third kappa shape index (κ3) is 2.96. The number of rotatable bonds is 4. The normalized spacial score (nSPS) is 22.9. The van der Waals surface area contributed by atoms with Crippen molar-refractivity contribution in [3.05, 3.63) is 29.3 Å². The van der Waals surface area contributed by atoms with Crippen LogP contribution in [-0.4, -0.2) is 37.9 Å². The summed E-state index contributed by atoms with van der Waals surface area (Å²) in [7, 11) is -3.58. The topological polar surface area (TPSA) is 66.5 Å². The predicted molar refractivity (Wildman–Crippen MR) is 79.4 cm³/mol. The van der Waals surface area contributed by atoms with Gasteiger partial charge in [-0.3, -0.25) is 4.79 Å². The monoisotopic (exact) mass is 308 g/mol. The van der Waals surface area contributed by atoms with E-state index in [1.807, 2.05) is 17.9 Å². The largest absolute Gasteiger partial charge is 0.338 e. The highest BCUT2D eigenvalue weighted by atomic mass is 32.2. The van der Waals surface area contributed by atoms with E-state index in [9.17, 15) is 13.2 Å². The van der Waals surface area contributed by atoms with E-state index in [2.05, 4.69) is 4.72 Å². The Bertz CT molecular complexity index is 680. The highest BCUT2D eigenvalue weighted by Crippen LogP contribution is 2.31. The van der Waals surface area contributed by atoms with Crippen LogP contribution in [-0.2, 0) is 14.8 Å². The summed E-state index contributed by atoms with van der Waals surface area (Å²) < 4.78 is 27.7. The van der Waals surface area contributed by atoms with E-state index in [1.54, 1.807) is 19.1 Å². The molecule has 0 radical (unpaired) electrons. The Kier molecular flexibility index (Phi) is 3.53. The van der Waals surface area contributed by atoms with E-state index in [1.165, 1.54) is 0 Å². The molecule has 1 heterocycles. The Balaban J connectivity index is 1.77. The maximum absolute atomic E-state index is 12.5. The molecule has 3 rings (SSSR count). The van der Waals surface area contributed by atoms with E-state index in [-0.39, 0.29) is 18.4 Å². The molecule has 0 unspecified atom stereocenters. The molecule has 6 heteroatoms. The summed E-state index contributed by atoms with van der Waals surface area (Å²) in [6.07, 6.45) is 2.35. The molecular formula is C15H20N2O3S. The van der Waals surface area contributed by atoms with Gasteiger partial charge in [0.25, 0.3) is 0 Å². The lowest BCUT2D eigenvalue weighted by atomic mass is 10.2. The van der Waals surface area contributed by atoms with Crippen molar-refractivity contribution < 1.29 is 13.2 Å². The first-order valence-corrected chi connectivity index (χ1v) is 8.74. The van der Waals surface area contributed by atoms with E-state index in [4.69, 9.17) is 0 Å². The number of benzene rings is 1. The minimum Gasteiger partial charge on any atom is -0.338 e. The van der Waals surface area contributed by atoms with Gasteiger partial charge in [0.15, 0.2) is 0 Å². The molecule has 1 atom stereocenters. The summed E-state index contributed by atoms with van der Waals surface area (Å²) >= 11 is 0. The molecule has 1 amide bonds. The SMILES string of the molecule is Cc1ccc(C)c(S(=O)(=O)N[C@H]2CC(=O)N(C3CC3)C2)c1. The number of sulfonamides is 1. The summed E-state index contributed by atoms with van der Waals surface area (Å²) in [5.74, 6) is 0.0613. The van der Waals surface area contributed by atoms with Gasteiger partial charge in [-0.25, -0.2) is 13.1 Å². The van der Waals surface area contributed by atoms with Gasteiger partial charge in [0.1, 0.15) is 0 Å². The van der Waals surface area contributed by atoms with Gasteiger partial charge >= 0.3 is 0 Å². The zero-order valence-electron chi connectivity index (χ0n) is 12.3. The third-order valence-corrected chi connectivity index (χ3v) is 5.76. The van der Waals surface area contributed by atoms with Crippen LogP contribution in [0.2, 0.25) is 0 Å². The number of aryl methyl sites for hydroxylation is 2. The van der Waals surface area contributed by atoms with Gasteiger partial charge < -0.3 is 4.90 Å². The van der Waals surface area contributed by atoms with E-state index in [0.29, 0.717) is 17.5 Å². The molecule has 0 spiro atoms. The molecule has 1 aliphatic carbocycles.